The van der Waals surface area contributed by atoms with Crippen LogP contribution in [0.1, 0.15) is 6.92 Å². The molecule has 0 aromatic heterocycles. The van der Waals surface area contributed by atoms with Gasteiger partial charge < -0.3 is 0 Å². The van der Waals surface area contributed by atoms with Crippen LogP contribution in [0.15, 0.2) is 24.3 Å². The fourth-order valence-corrected chi connectivity index (χ4v) is 0.218. The molecule has 1 radical (unpaired) electrons. The molecule has 0 aromatic carbocycles. The molecule has 1 nitrogen and oxygen atoms in total. The second-order valence-corrected chi connectivity index (χ2v) is 1.05. The molecule has 0 aliphatic heterocycles. The molecule has 0 spiro atoms. The molecule has 0 amide bonds. The number of carbonyl (C=O) groups excluding carboxylic acids is 1. The van der Waals surface area contributed by atoms with E-state index in [0.717, 1.165) is 0 Å². The minimum Gasteiger partial charge on any atom is -0.285 e. The molecule has 0 atom stereocenters. The summed E-state index contributed by atoms with van der Waals surface area (Å²) in [5.41, 5.74) is 0.514. The van der Waals surface area contributed by atoms with Crippen molar-refractivity contribution in [1.29, 1.82) is 0 Å². The fraction of sp³-hybridized carbons (Fsp3) is 0.167. The molecule has 0 saturated carbocycles. The molecule has 0 saturated heterocycles. The summed E-state index contributed by atoms with van der Waals surface area (Å²) in [7, 11) is 0. The Morgan fingerprint density at radius 1 is 1.86 bits per heavy atom. The molecular weight excluding hydrogens is 88.1 g/mol. The van der Waals surface area contributed by atoms with Crippen LogP contribution >= 0.6 is 0 Å². The average molecular weight is 95.1 g/mol. The van der Waals surface area contributed by atoms with Crippen LogP contribution in [-0.2, 0) is 4.79 Å². The Morgan fingerprint density at radius 3 is 2.43 bits per heavy atom. The summed E-state index contributed by atoms with van der Waals surface area (Å²) in [4.78, 5) is 9.70. The predicted molar refractivity (Wildman–Crippen MR) is 29.6 cm³/mol. The van der Waals surface area contributed by atoms with Crippen molar-refractivity contribution in [3.8, 4) is 0 Å². The van der Waals surface area contributed by atoms with Crippen LogP contribution in [0.2, 0.25) is 0 Å². The zero-order valence-corrected chi connectivity index (χ0v) is 4.27. The summed E-state index contributed by atoms with van der Waals surface area (Å²) in [6.07, 6.45) is 4.81. The Labute approximate surface area is 43.3 Å². The van der Waals surface area contributed by atoms with Crippen LogP contribution < -0.4 is 0 Å². The van der Waals surface area contributed by atoms with Crippen molar-refractivity contribution in [2.75, 3.05) is 0 Å². The van der Waals surface area contributed by atoms with Crippen LogP contribution in [0, 0.1) is 0 Å². The lowest BCUT2D eigenvalue weighted by Gasteiger charge is -1.76. The highest BCUT2D eigenvalue weighted by atomic mass is 16.1. The Kier molecular flexibility index (Phi) is 2.94. The summed E-state index contributed by atoms with van der Waals surface area (Å²) in [5.74, 6) is 0. The van der Waals surface area contributed by atoms with E-state index in [4.69, 9.17) is 0 Å². The molecule has 0 N–H and O–H groups in total. The van der Waals surface area contributed by atoms with Crippen molar-refractivity contribution in [3.05, 3.63) is 24.3 Å². The van der Waals surface area contributed by atoms with Crippen molar-refractivity contribution in [1.82, 2.24) is 0 Å². The van der Waals surface area contributed by atoms with Gasteiger partial charge in [0.2, 0.25) is 6.29 Å². The van der Waals surface area contributed by atoms with Crippen molar-refractivity contribution >= 4 is 6.29 Å². The monoisotopic (exact) mass is 95.0 g/mol. The summed E-state index contributed by atoms with van der Waals surface area (Å²) in [6.45, 7) is 5.14. The summed E-state index contributed by atoms with van der Waals surface area (Å²) < 4.78 is 0. The first-order chi connectivity index (χ1) is 3.35. The smallest absolute Gasteiger partial charge is 0.233 e. The molecule has 0 aromatic rings. The molecule has 37 valence electrons. The maximum absolute atomic E-state index is 9.70. The van der Waals surface area contributed by atoms with Crippen LogP contribution in [0.4, 0.5) is 0 Å². The maximum Gasteiger partial charge on any atom is 0.233 e. The van der Waals surface area contributed by atoms with Crippen molar-refractivity contribution in [3.63, 3.8) is 0 Å². The highest BCUT2D eigenvalue weighted by molar-refractivity contribution is 5.77. The van der Waals surface area contributed by atoms with Gasteiger partial charge in [0, 0.05) is 5.57 Å². The predicted octanol–water partition coefficient (Wildman–Crippen LogP) is 1.23. The van der Waals surface area contributed by atoms with Crippen LogP contribution in [0.25, 0.3) is 0 Å². The van der Waals surface area contributed by atoms with Gasteiger partial charge in [0.1, 0.15) is 0 Å². The third-order valence-electron chi connectivity index (χ3n) is 0.649. The topological polar surface area (TPSA) is 17.1 Å². The molecule has 0 unspecified atom stereocenters. The van der Waals surface area contributed by atoms with E-state index in [1.165, 1.54) is 6.08 Å². The van der Waals surface area contributed by atoms with E-state index < -0.39 is 0 Å². The van der Waals surface area contributed by atoms with Gasteiger partial charge in [-0.2, -0.15) is 0 Å². The van der Waals surface area contributed by atoms with E-state index in [2.05, 4.69) is 6.58 Å². The lowest BCUT2D eigenvalue weighted by molar-refractivity contribution is 0.562. The minimum atomic E-state index is 0.514. The van der Waals surface area contributed by atoms with E-state index in [1.807, 2.05) is 0 Å². The van der Waals surface area contributed by atoms with Crippen molar-refractivity contribution in [2.45, 2.75) is 6.92 Å². The first-order valence-electron chi connectivity index (χ1n) is 2.02. The summed E-state index contributed by atoms with van der Waals surface area (Å²) in [6, 6.07) is 0. The standard InChI is InChI=1S/C6H7O/c1-3-6(4-2)5-7/h3-4H,1H2,2H3. The zero-order valence-electron chi connectivity index (χ0n) is 4.27. The van der Waals surface area contributed by atoms with Gasteiger partial charge in [0.15, 0.2) is 0 Å². The van der Waals surface area contributed by atoms with Gasteiger partial charge in [-0.05, 0) is 6.92 Å². The van der Waals surface area contributed by atoms with E-state index in [9.17, 15) is 4.79 Å². The third kappa shape index (κ3) is 1.93. The molecule has 1 heteroatoms. The Bertz CT molecular complexity index is 90.7. The van der Waals surface area contributed by atoms with Gasteiger partial charge in [-0.25, -0.2) is 0 Å². The summed E-state index contributed by atoms with van der Waals surface area (Å²) >= 11 is 0. The Hall–Kier alpha value is -0.850. The van der Waals surface area contributed by atoms with E-state index in [1.54, 1.807) is 19.3 Å². The van der Waals surface area contributed by atoms with Crippen molar-refractivity contribution < 1.29 is 4.79 Å². The number of allylic oxidation sites excluding steroid dienone is 3. The molecule has 0 aliphatic rings. The largest absolute Gasteiger partial charge is 0.285 e. The van der Waals surface area contributed by atoms with Gasteiger partial charge in [-0.1, -0.05) is 18.7 Å². The van der Waals surface area contributed by atoms with Gasteiger partial charge in [-0.15, -0.1) is 0 Å². The normalized spacial score (nSPS) is 10.7. The van der Waals surface area contributed by atoms with Crippen LogP contribution in [0.3, 0.4) is 0 Å². The highest BCUT2D eigenvalue weighted by Gasteiger charge is 1.79. The van der Waals surface area contributed by atoms with Gasteiger partial charge in [-0.3, -0.25) is 4.79 Å². The van der Waals surface area contributed by atoms with Gasteiger partial charge in [0.25, 0.3) is 0 Å². The second kappa shape index (κ2) is 3.34. The van der Waals surface area contributed by atoms with Gasteiger partial charge >= 0.3 is 0 Å². The molecule has 0 heterocycles. The van der Waals surface area contributed by atoms with E-state index >= 15 is 0 Å². The quantitative estimate of drug-likeness (QED) is 0.372. The number of hydrogen-bond donors (Lipinski definition) is 0. The summed E-state index contributed by atoms with van der Waals surface area (Å²) in [5, 5.41) is 0. The van der Waals surface area contributed by atoms with Crippen molar-refractivity contribution in [2.24, 2.45) is 0 Å². The Morgan fingerprint density at radius 2 is 2.43 bits per heavy atom. The number of hydrogen-bond acceptors (Lipinski definition) is 1. The minimum absolute atomic E-state index is 0.514. The van der Waals surface area contributed by atoms with E-state index in [0.29, 0.717) is 5.57 Å². The lowest BCUT2D eigenvalue weighted by Crippen LogP contribution is -1.72. The van der Waals surface area contributed by atoms with Crippen LogP contribution in [0.5, 0.6) is 0 Å². The lowest BCUT2D eigenvalue weighted by atomic mass is 10.3. The molecule has 0 rings (SSSR count). The average Bonchev–Trinajstić information content (AvgIpc) is 1.72. The first-order valence-corrected chi connectivity index (χ1v) is 2.02. The molecule has 7 heavy (non-hydrogen) atoms. The second-order valence-electron chi connectivity index (χ2n) is 1.05. The fourth-order valence-electron chi connectivity index (χ4n) is 0.218. The van der Waals surface area contributed by atoms with Gasteiger partial charge in [0.05, 0.1) is 0 Å². The third-order valence-corrected chi connectivity index (χ3v) is 0.649. The zero-order chi connectivity index (χ0) is 5.70. The SMILES string of the molecule is C=CC([C]=O)=CC. The molecule has 0 fully saturated rings. The highest BCUT2D eigenvalue weighted by Crippen LogP contribution is 1.85. The first kappa shape index (κ1) is 6.15. The number of rotatable bonds is 2. The molecule has 0 aliphatic carbocycles. The van der Waals surface area contributed by atoms with Crippen LogP contribution in [-0.4, -0.2) is 6.29 Å². The Balaban J connectivity index is 3.85. The molecule has 0 bridgehead atoms. The molecular formula is C6H7O. The van der Waals surface area contributed by atoms with E-state index in [-0.39, 0.29) is 0 Å². The maximum atomic E-state index is 9.70.